The van der Waals surface area contributed by atoms with Crippen molar-refractivity contribution in [3.63, 3.8) is 0 Å². The first-order chi connectivity index (χ1) is 9.69. The van der Waals surface area contributed by atoms with Gasteiger partial charge in [-0.3, -0.25) is 14.7 Å². The van der Waals surface area contributed by atoms with Crippen LogP contribution in [0.4, 0.5) is 0 Å². The second-order valence-electron chi connectivity index (χ2n) is 5.39. The minimum atomic E-state index is -0.136. The van der Waals surface area contributed by atoms with Crippen molar-refractivity contribution in [1.29, 1.82) is 0 Å². The molecule has 0 spiro atoms. The summed E-state index contributed by atoms with van der Waals surface area (Å²) in [6.45, 7) is 3.85. The van der Waals surface area contributed by atoms with Crippen molar-refractivity contribution in [2.45, 2.75) is 38.6 Å². The van der Waals surface area contributed by atoms with E-state index in [9.17, 15) is 9.59 Å². The smallest absolute Gasteiger partial charge is 0.293 e. The molecule has 0 aromatic carbocycles. The highest BCUT2D eigenvalue weighted by Crippen LogP contribution is 2.23. The molecule has 0 aliphatic carbocycles. The number of nitrogens with one attached hydrogen (secondary N) is 1. The predicted octanol–water partition coefficient (Wildman–Crippen LogP) is 0.204. The number of fused-ring (bicyclic) bond motifs is 1. The van der Waals surface area contributed by atoms with Crippen LogP contribution in [-0.2, 0) is 11.2 Å². The first-order valence-corrected chi connectivity index (χ1v) is 7.19. The molecule has 2 aliphatic rings. The molecule has 2 amide bonds. The number of aromatic amines is 1. The van der Waals surface area contributed by atoms with E-state index in [0.29, 0.717) is 26.1 Å². The van der Waals surface area contributed by atoms with Gasteiger partial charge >= 0.3 is 0 Å². The normalized spacial score (nSPS) is 22.2. The first kappa shape index (κ1) is 13.1. The summed E-state index contributed by atoms with van der Waals surface area (Å²) in [4.78, 5) is 31.9. The lowest BCUT2D eigenvalue weighted by atomic mass is 10.1. The monoisotopic (exact) mass is 277 g/mol. The summed E-state index contributed by atoms with van der Waals surface area (Å²) in [5, 5.41) is 6.81. The second kappa shape index (κ2) is 5.22. The minimum Gasteiger partial charge on any atom is -0.336 e. The van der Waals surface area contributed by atoms with E-state index in [1.54, 1.807) is 4.90 Å². The standard InChI is InChI=1S/C13H19N5O2/c1-2-3-10-14-12(16-15-10)13(20)17-6-7-18-9(8-17)4-5-11(18)19/h9H,2-8H2,1H3,(H,14,15,16). The van der Waals surface area contributed by atoms with Gasteiger partial charge in [-0.2, -0.15) is 0 Å². The molecule has 2 saturated heterocycles. The van der Waals surface area contributed by atoms with Crippen molar-refractivity contribution in [3.05, 3.63) is 11.6 Å². The van der Waals surface area contributed by atoms with Crippen LogP contribution in [0.15, 0.2) is 0 Å². The average Bonchev–Trinajstić information content (AvgIpc) is 3.06. The van der Waals surface area contributed by atoms with Gasteiger partial charge in [0.25, 0.3) is 5.91 Å². The summed E-state index contributed by atoms with van der Waals surface area (Å²) in [7, 11) is 0. The number of aryl methyl sites for hydroxylation is 1. The lowest BCUT2D eigenvalue weighted by Gasteiger charge is -2.36. The van der Waals surface area contributed by atoms with E-state index in [0.717, 1.165) is 25.1 Å². The number of hydrogen-bond donors (Lipinski definition) is 1. The number of H-pyrrole nitrogens is 1. The van der Waals surface area contributed by atoms with Crippen molar-refractivity contribution in [2.75, 3.05) is 19.6 Å². The van der Waals surface area contributed by atoms with Crippen LogP contribution >= 0.6 is 0 Å². The van der Waals surface area contributed by atoms with E-state index < -0.39 is 0 Å². The summed E-state index contributed by atoms with van der Waals surface area (Å²) >= 11 is 0. The van der Waals surface area contributed by atoms with Crippen LogP contribution in [0.1, 0.15) is 42.6 Å². The van der Waals surface area contributed by atoms with Crippen LogP contribution in [-0.4, -0.2) is 62.5 Å². The lowest BCUT2D eigenvalue weighted by Crippen LogP contribution is -2.53. The van der Waals surface area contributed by atoms with Crippen LogP contribution in [0.3, 0.4) is 0 Å². The number of aromatic nitrogens is 3. The summed E-state index contributed by atoms with van der Waals surface area (Å²) < 4.78 is 0. The molecule has 0 bridgehead atoms. The Labute approximate surface area is 117 Å². The maximum Gasteiger partial charge on any atom is 0.293 e. The third-order valence-corrected chi connectivity index (χ3v) is 3.99. The Bertz CT molecular complexity index is 527. The lowest BCUT2D eigenvalue weighted by molar-refractivity contribution is -0.130. The van der Waals surface area contributed by atoms with E-state index in [1.165, 1.54) is 0 Å². The predicted molar refractivity (Wildman–Crippen MR) is 71.0 cm³/mol. The Morgan fingerprint density at radius 2 is 2.30 bits per heavy atom. The molecule has 2 aliphatic heterocycles. The van der Waals surface area contributed by atoms with Gasteiger partial charge in [-0.15, -0.1) is 5.10 Å². The maximum absolute atomic E-state index is 12.4. The molecule has 0 radical (unpaired) electrons. The minimum absolute atomic E-state index is 0.136. The zero-order valence-electron chi connectivity index (χ0n) is 11.6. The number of carbonyl (C=O) groups excluding carboxylic acids is 2. The Balaban J connectivity index is 1.67. The largest absolute Gasteiger partial charge is 0.336 e. The molecular formula is C13H19N5O2. The molecule has 1 N–H and O–H groups in total. The van der Waals surface area contributed by atoms with Crippen molar-refractivity contribution in [1.82, 2.24) is 25.0 Å². The molecule has 2 fully saturated rings. The quantitative estimate of drug-likeness (QED) is 0.856. The summed E-state index contributed by atoms with van der Waals surface area (Å²) in [5.41, 5.74) is 0. The summed E-state index contributed by atoms with van der Waals surface area (Å²) in [6.07, 6.45) is 3.21. The van der Waals surface area contributed by atoms with E-state index in [2.05, 4.69) is 22.1 Å². The fourth-order valence-corrected chi connectivity index (χ4v) is 2.93. The Morgan fingerprint density at radius 3 is 3.10 bits per heavy atom. The molecule has 7 heteroatoms. The molecule has 1 aromatic rings. The number of amides is 2. The number of piperazine rings is 1. The average molecular weight is 277 g/mol. The van der Waals surface area contributed by atoms with Crippen LogP contribution in [0.25, 0.3) is 0 Å². The van der Waals surface area contributed by atoms with Crippen molar-refractivity contribution >= 4 is 11.8 Å². The Kier molecular flexibility index (Phi) is 3.42. The molecule has 20 heavy (non-hydrogen) atoms. The van der Waals surface area contributed by atoms with E-state index >= 15 is 0 Å². The van der Waals surface area contributed by atoms with Gasteiger partial charge in [-0.05, 0) is 12.8 Å². The van der Waals surface area contributed by atoms with Gasteiger partial charge in [-0.25, -0.2) is 4.98 Å². The topological polar surface area (TPSA) is 82.2 Å². The molecule has 3 heterocycles. The Hall–Kier alpha value is -1.92. The molecule has 0 saturated carbocycles. The molecule has 7 nitrogen and oxygen atoms in total. The van der Waals surface area contributed by atoms with E-state index in [4.69, 9.17) is 0 Å². The summed E-state index contributed by atoms with van der Waals surface area (Å²) in [5.74, 6) is 1.07. The molecule has 1 unspecified atom stereocenters. The molecule has 108 valence electrons. The fourth-order valence-electron chi connectivity index (χ4n) is 2.93. The Morgan fingerprint density at radius 1 is 1.45 bits per heavy atom. The number of carbonyl (C=O) groups is 2. The highest BCUT2D eigenvalue weighted by atomic mass is 16.2. The zero-order valence-corrected chi connectivity index (χ0v) is 11.6. The number of rotatable bonds is 3. The zero-order chi connectivity index (χ0) is 14.1. The van der Waals surface area contributed by atoms with Gasteiger partial charge < -0.3 is 9.80 Å². The van der Waals surface area contributed by atoms with Gasteiger partial charge in [0.15, 0.2) is 0 Å². The second-order valence-corrected chi connectivity index (χ2v) is 5.39. The van der Waals surface area contributed by atoms with Crippen molar-refractivity contribution in [2.24, 2.45) is 0 Å². The SMILES string of the molecule is CCCc1nc(C(=O)N2CCN3C(=O)CCC3C2)n[nH]1. The van der Waals surface area contributed by atoms with Crippen LogP contribution < -0.4 is 0 Å². The van der Waals surface area contributed by atoms with Gasteiger partial charge in [0.2, 0.25) is 11.7 Å². The third-order valence-electron chi connectivity index (χ3n) is 3.99. The molecule has 3 rings (SSSR count). The van der Waals surface area contributed by atoms with E-state index in [1.807, 2.05) is 4.90 Å². The molecule has 1 aromatic heterocycles. The fraction of sp³-hybridized carbons (Fsp3) is 0.692. The van der Waals surface area contributed by atoms with Crippen LogP contribution in [0.5, 0.6) is 0 Å². The van der Waals surface area contributed by atoms with E-state index in [-0.39, 0.29) is 23.7 Å². The van der Waals surface area contributed by atoms with Gasteiger partial charge in [0.1, 0.15) is 5.82 Å². The van der Waals surface area contributed by atoms with Gasteiger partial charge in [-0.1, -0.05) is 6.92 Å². The highest BCUT2D eigenvalue weighted by Gasteiger charge is 2.37. The number of hydrogen-bond acceptors (Lipinski definition) is 4. The van der Waals surface area contributed by atoms with Crippen molar-refractivity contribution < 1.29 is 9.59 Å². The molecule has 1 atom stereocenters. The van der Waals surface area contributed by atoms with Gasteiger partial charge in [0, 0.05) is 38.5 Å². The first-order valence-electron chi connectivity index (χ1n) is 7.19. The summed E-state index contributed by atoms with van der Waals surface area (Å²) in [6, 6.07) is 0.175. The third kappa shape index (κ3) is 2.28. The van der Waals surface area contributed by atoms with Crippen molar-refractivity contribution in [3.8, 4) is 0 Å². The number of nitrogens with zero attached hydrogens (tertiary/aromatic N) is 4. The maximum atomic E-state index is 12.4. The molecular weight excluding hydrogens is 258 g/mol. The highest BCUT2D eigenvalue weighted by molar-refractivity contribution is 5.90. The van der Waals surface area contributed by atoms with Crippen LogP contribution in [0.2, 0.25) is 0 Å². The van der Waals surface area contributed by atoms with Crippen LogP contribution in [0, 0.1) is 0 Å². The van der Waals surface area contributed by atoms with Gasteiger partial charge in [0.05, 0.1) is 0 Å².